The standard InChI is InChI=1S/C13H28Cl4N2P.ClHO4/c1-9(2)18(10(3)4)20(17,13(14,15)16)19(11(5)6)12(7)8;2-1(3,4)5/h9-12H,1-8H3;(H,2,3,4,5)/q+1;/p-1. The Kier molecular flexibility index (Phi) is 12.7. The third kappa shape index (κ3) is 9.60. The predicted molar refractivity (Wildman–Crippen MR) is 97.3 cm³/mol. The first-order valence-electron chi connectivity index (χ1n) is 7.63. The smallest absolute Gasteiger partial charge is 0.222 e. The van der Waals surface area contributed by atoms with E-state index < -0.39 is 20.7 Å². The van der Waals surface area contributed by atoms with Crippen molar-refractivity contribution in [3.63, 3.8) is 0 Å². The van der Waals surface area contributed by atoms with Gasteiger partial charge in [-0.1, -0.05) is 0 Å². The summed E-state index contributed by atoms with van der Waals surface area (Å²) in [6.45, 7) is 14.1. The Morgan fingerprint density at radius 1 is 0.680 bits per heavy atom. The molecule has 0 aliphatic carbocycles. The lowest BCUT2D eigenvalue weighted by Crippen LogP contribution is -2.68. The van der Waals surface area contributed by atoms with Crippen LogP contribution in [0.5, 0.6) is 0 Å². The first-order chi connectivity index (χ1) is 10.8. The van der Waals surface area contributed by atoms with Crippen LogP contribution in [0, 0.1) is 10.2 Å². The first-order valence-corrected chi connectivity index (χ1v) is 12.6. The van der Waals surface area contributed by atoms with Crippen molar-refractivity contribution < 1.29 is 28.9 Å². The van der Waals surface area contributed by atoms with Crippen molar-refractivity contribution in [3.05, 3.63) is 0 Å². The minimum absolute atomic E-state index is 0.191. The lowest BCUT2D eigenvalue weighted by Gasteiger charge is -2.46. The van der Waals surface area contributed by atoms with Crippen molar-refractivity contribution in [2.24, 2.45) is 0 Å². The van der Waals surface area contributed by atoms with Gasteiger partial charge < -0.3 is 0 Å². The highest BCUT2D eigenvalue weighted by atomic mass is 35.7. The SMILES string of the molecule is CC(C)N(C(C)C)[P+](Cl)(N(C(C)C)C(C)C)C(Cl)(Cl)Cl.[O-][Cl+3]([O-])([O-])[O-]. The van der Waals surface area contributed by atoms with Crippen LogP contribution < -0.4 is 18.6 Å². The number of rotatable bonds is 6. The Morgan fingerprint density at radius 3 is 0.920 bits per heavy atom. The van der Waals surface area contributed by atoms with Crippen LogP contribution in [0.1, 0.15) is 55.4 Å². The van der Waals surface area contributed by atoms with E-state index in [2.05, 4.69) is 64.7 Å². The number of hydrogen-bond donors (Lipinski definition) is 0. The second-order valence-corrected chi connectivity index (χ2v) is 14.4. The second kappa shape index (κ2) is 11.0. The third-order valence-corrected chi connectivity index (χ3v) is 11.5. The molecule has 0 aromatic carbocycles. The monoisotopic (exact) mass is 482 g/mol. The number of nitrogens with zero attached hydrogens (tertiary/aromatic N) is 2. The summed E-state index contributed by atoms with van der Waals surface area (Å²) in [4.78, 5) is 0. The summed E-state index contributed by atoms with van der Waals surface area (Å²) in [5.74, 6) is 0. The molecule has 0 amide bonds. The van der Waals surface area contributed by atoms with Gasteiger partial charge in [-0.2, -0.15) is 0 Å². The topological polar surface area (TPSA) is 98.7 Å². The van der Waals surface area contributed by atoms with Crippen LogP contribution in [0.25, 0.3) is 0 Å². The molecule has 0 heterocycles. The summed E-state index contributed by atoms with van der Waals surface area (Å²) in [7, 11) is -4.94. The van der Waals surface area contributed by atoms with Crippen molar-refractivity contribution >= 4 is 53.0 Å². The highest BCUT2D eigenvalue weighted by molar-refractivity contribution is 8.00. The van der Waals surface area contributed by atoms with Crippen molar-refractivity contribution in [1.29, 1.82) is 0 Å². The van der Waals surface area contributed by atoms with Gasteiger partial charge in [0.25, 0.3) is 0 Å². The van der Waals surface area contributed by atoms with E-state index in [-0.39, 0.29) is 24.2 Å². The number of hydrogen-bond acceptors (Lipinski definition) is 6. The quantitative estimate of drug-likeness (QED) is 0.421. The Morgan fingerprint density at radius 2 is 0.840 bits per heavy atom. The van der Waals surface area contributed by atoms with Crippen molar-refractivity contribution in [1.82, 2.24) is 9.34 Å². The van der Waals surface area contributed by atoms with Crippen LogP contribution in [0.2, 0.25) is 0 Å². The molecule has 0 saturated carbocycles. The van der Waals surface area contributed by atoms with Crippen LogP contribution >= 0.6 is 53.0 Å². The van der Waals surface area contributed by atoms with E-state index in [0.717, 1.165) is 0 Å². The van der Waals surface area contributed by atoms with E-state index in [1.165, 1.54) is 0 Å². The van der Waals surface area contributed by atoms with Gasteiger partial charge in [-0.3, -0.25) is 0 Å². The van der Waals surface area contributed by atoms with Crippen LogP contribution in [0.4, 0.5) is 0 Å². The molecule has 0 radical (unpaired) electrons. The first kappa shape index (κ1) is 28.8. The van der Waals surface area contributed by atoms with Crippen molar-refractivity contribution in [2.75, 3.05) is 0 Å². The largest absolute Gasteiger partial charge is 0.348 e. The molecule has 6 nitrogen and oxygen atoms in total. The summed E-state index contributed by atoms with van der Waals surface area (Å²) < 4.78 is 36.8. The van der Waals surface area contributed by atoms with Crippen LogP contribution in [-0.2, 0) is 0 Å². The number of halogens is 5. The van der Waals surface area contributed by atoms with E-state index in [4.69, 9.17) is 64.7 Å². The zero-order valence-corrected chi connectivity index (χ0v) is 20.3. The summed E-state index contributed by atoms with van der Waals surface area (Å²) in [6.07, 6.45) is 0. The highest BCUT2D eigenvalue weighted by Crippen LogP contribution is 2.83. The molecule has 0 aromatic rings. The Bertz CT molecular complexity index is 348. The van der Waals surface area contributed by atoms with E-state index in [0.29, 0.717) is 0 Å². The van der Waals surface area contributed by atoms with E-state index in [9.17, 15) is 0 Å². The van der Waals surface area contributed by atoms with Crippen LogP contribution in [-0.4, -0.2) is 37.0 Å². The van der Waals surface area contributed by atoms with Crippen molar-refractivity contribution in [2.45, 2.75) is 83.1 Å². The van der Waals surface area contributed by atoms with Gasteiger partial charge in [-0.05, 0) is 90.2 Å². The predicted octanol–water partition coefficient (Wildman–Crippen LogP) is 1.80. The average molecular weight is 485 g/mol. The normalized spacial score (nSPS) is 14.2. The summed E-state index contributed by atoms with van der Waals surface area (Å²) in [5, 5.41) is 0. The minimum atomic E-state index is -4.94. The van der Waals surface area contributed by atoms with Crippen molar-refractivity contribution in [3.8, 4) is 0 Å². The van der Waals surface area contributed by atoms with Gasteiger partial charge in [-0.15, -0.1) is 19.6 Å². The molecule has 0 aliphatic heterocycles. The maximum absolute atomic E-state index is 8.49. The molecule has 0 N–H and O–H groups in total. The molecular weight excluding hydrogens is 456 g/mol. The second-order valence-electron chi connectivity index (χ2n) is 6.51. The fourth-order valence-corrected chi connectivity index (χ4v) is 9.67. The van der Waals surface area contributed by atoms with Gasteiger partial charge in [0.05, 0.1) is 0 Å². The van der Waals surface area contributed by atoms with Crippen LogP contribution in [0.15, 0.2) is 0 Å². The lowest BCUT2D eigenvalue weighted by molar-refractivity contribution is -2.00. The molecule has 0 fully saturated rings. The molecule has 0 aliphatic rings. The molecule has 12 heteroatoms. The molecule has 0 atom stereocenters. The maximum atomic E-state index is 8.49. The summed E-state index contributed by atoms with van der Waals surface area (Å²) >= 11 is 26.2. The highest BCUT2D eigenvalue weighted by Gasteiger charge is 2.68. The molecule has 0 spiro atoms. The van der Waals surface area contributed by atoms with Crippen LogP contribution in [0.3, 0.4) is 0 Å². The zero-order valence-electron chi connectivity index (χ0n) is 15.7. The van der Waals surface area contributed by atoms with Gasteiger partial charge in [0, 0.05) is 24.2 Å². The Balaban J connectivity index is 0. The Hall–Kier alpha value is 1.64. The maximum Gasteiger partial charge on any atom is 0.348 e. The van der Waals surface area contributed by atoms with E-state index >= 15 is 0 Å². The zero-order chi connectivity index (χ0) is 21.0. The van der Waals surface area contributed by atoms with Gasteiger partial charge in [0.1, 0.15) is 11.2 Å². The van der Waals surface area contributed by atoms with Gasteiger partial charge in [0.15, 0.2) is 0 Å². The third-order valence-electron chi connectivity index (χ3n) is 3.05. The summed E-state index contributed by atoms with van der Waals surface area (Å²) in [6, 6.07) is 0.765. The fourth-order valence-electron chi connectivity index (χ4n) is 2.80. The average Bonchev–Trinajstić information content (AvgIpc) is 2.21. The van der Waals surface area contributed by atoms with Gasteiger partial charge >= 0.3 is 10.5 Å². The molecule has 0 rings (SSSR count). The molecule has 25 heavy (non-hydrogen) atoms. The minimum Gasteiger partial charge on any atom is -0.222 e. The molecule has 0 saturated heterocycles. The van der Waals surface area contributed by atoms with Gasteiger partial charge in [-0.25, -0.2) is 18.6 Å². The van der Waals surface area contributed by atoms with Gasteiger partial charge in [0.2, 0.25) is 0 Å². The molecule has 0 unspecified atom stereocenters. The molecule has 154 valence electrons. The summed E-state index contributed by atoms with van der Waals surface area (Å²) in [5.41, 5.74) is 0. The lowest BCUT2D eigenvalue weighted by atomic mass is 10.3. The fraction of sp³-hybridized carbons (Fsp3) is 1.00. The van der Waals surface area contributed by atoms with E-state index in [1.54, 1.807) is 0 Å². The molecule has 0 aromatic heterocycles. The van der Waals surface area contributed by atoms with E-state index in [1.807, 2.05) is 0 Å². The number of alkyl halides is 3. The molecule has 0 bridgehead atoms. The Labute approximate surface area is 173 Å². The molecular formula is C13H28Cl5N2O4P.